The summed E-state index contributed by atoms with van der Waals surface area (Å²) in [6.45, 7) is 10.7. The minimum atomic E-state index is -0.0893. The van der Waals surface area contributed by atoms with Crippen molar-refractivity contribution >= 4 is 23.2 Å². The Balaban J connectivity index is 1.77. The highest BCUT2D eigenvalue weighted by atomic mass is 35.5. The molecule has 128 valence electrons. The van der Waals surface area contributed by atoms with Crippen LogP contribution in [-0.4, -0.2) is 55.7 Å². The van der Waals surface area contributed by atoms with Crippen LogP contribution in [0, 0.1) is 6.92 Å². The summed E-state index contributed by atoms with van der Waals surface area (Å²) in [6.07, 6.45) is 0. The van der Waals surface area contributed by atoms with E-state index in [1.54, 1.807) is 0 Å². The summed E-state index contributed by atoms with van der Waals surface area (Å²) in [4.78, 5) is 14.4. The molecule has 6 heteroatoms. The van der Waals surface area contributed by atoms with Crippen LogP contribution in [-0.2, 0) is 9.53 Å². The predicted octanol–water partition coefficient (Wildman–Crippen LogP) is 2.29. The Hall–Kier alpha value is -1.14. The first-order valence-corrected chi connectivity index (χ1v) is 8.36. The summed E-state index contributed by atoms with van der Waals surface area (Å²) in [5.41, 5.74) is 1.71. The third-order valence-electron chi connectivity index (χ3n) is 4.11. The smallest absolute Gasteiger partial charge is 0.238 e. The average molecular weight is 340 g/mol. The Morgan fingerprint density at radius 2 is 2.04 bits per heavy atom. The number of anilines is 1. The van der Waals surface area contributed by atoms with Crippen LogP contribution in [0.25, 0.3) is 0 Å². The number of ether oxygens (including phenoxy) is 1. The van der Waals surface area contributed by atoms with Crippen molar-refractivity contribution in [1.82, 2.24) is 10.2 Å². The van der Waals surface area contributed by atoms with Crippen molar-refractivity contribution in [2.45, 2.75) is 26.3 Å². The fourth-order valence-electron chi connectivity index (χ4n) is 2.68. The van der Waals surface area contributed by atoms with Crippen LogP contribution in [0.15, 0.2) is 18.2 Å². The molecule has 1 fully saturated rings. The number of hydrogen-bond acceptors (Lipinski definition) is 4. The van der Waals surface area contributed by atoms with Gasteiger partial charge >= 0.3 is 0 Å². The fourth-order valence-corrected chi connectivity index (χ4v) is 2.96. The van der Waals surface area contributed by atoms with E-state index in [4.69, 9.17) is 16.3 Å². The minimum Gasteiger partial charge on any atom is -0.379 e. The van der Waals surface area contributed by atoms with Gasteiger partial charge in [0.2, 0.25) is 5.91 Å². The van der Waals surface area contributed by atoms with E-state index in [1.807, 2.05) is 25.1 Å². The molecular weight excluding hydrogens is 314 g/mol. The Morgan fingerprint density at radius 1 is 1.35 bits per heavy atom. The molecule has 1 aliphatic rings. The maximum Gasteiger partial charge on any atom is 0.238 e. The summed E-state index contributed by atoms with van der Waals surface area (Å²) < 4.78 is 5.38. The normalized spacial score (nSPS) is 16.3. The first-order chi connectivity index (χ1) is 10.9. The van der Waals surface area contributed by atoms with Crippen molar-refractivity contribution in [2.24, 2.45) is 0 Å². The summed E-state index contributed by atoms with van der Waals surface area (Å²) in [7, 11) is 0. The molecule has 0 bridgehead atoms. The molecule has 0 saturated carbocycles. The van der Waals surface area contributed by atoms with Crippen LogP contribution in [0.5, 0.6) is 0 Å². The van der Waals surface area contributed by atoms with Gasteiger partial charge in [0.25, 0.3) is 0 Å². The van der Waals surface area contributed by atoms with Crippen molar-refractivity contribution in [3.05, 3.63) is 28.8 Å². The highest BCUT2D eigenvalue weighted by Gasteiger charge is 2.27. The van der Waals surface area contributed by atoms with Gasteiger partial charge in [-0.2, -0.15) is 0 Å². The number of rotatable bonds is 6. The van der Waals surface area contributed by atoms with E-state index in [0.29, 0.717) is 10.7 Å². The molecule has 0 aliphatic carbocycles. The van der Waals surface area contributed by atoms with Crippen molar-refractivity contribution < 1.29 is 9.53 Å². The molecule has 1 aromatic rings. The molecule has 1 saturated heterocycles. The van der Waals surface area contributed by atoms with Crippen molar-refractivity contribution in [3.8, 4) is 0 Å². The van der Waals surface area contributed by atoms with Crippen LogP contribution < -0.4 is 10.6 Å². The number of hydrogen-bond donors (Lipinski definition) is 2. The Morgan fingerprint density at radius 3 is 2.70 bits per heavy atom. The van der Waals surface area contributed by atoms with Crippen molar-refractivity contribution in [1.29, 1.82) is 0 Å². The number of nitrogens with one attached hydrogen (secondary N) is 2. The third-order valence-corrected chi connectivity index (χ3v) is 4.42. The summed E-state index contributed by atoms with van der Waals surface area (Å²) >= 11 is 6.13. The summed E-state index contributed by atoms with van der Waals surface area (Å²) in [5, 5.41) is 6.63. The molecule has 2 rings (SSSR count). The van der Waals surface area contributed by atoms with E-state index < -0.39 is 0 Å². The average Bonchev–Trinajstić information content (AvgIpc) is 2.51. The molecule has 1 amide bonds. The van der Waals surface area contributed by atoms with Gasteiger partial charge in [-0.15, -0.1) is 0 Å². The van der Waals surface area contributed by atoms with E-state index in [9.17, 15) is 4.79 Å². The maximum atomic E-state index is 12.0. The van der Waals surface area contributed by atoms with E-state index in [-0.39, 0.29) is 18.0 Å². The molecule has 5 nitrogen and oxygen atoms in total. The SMILES string of the molecule is Cc1ccc(NC(=O)CNCC(C)(C)N2CCOCC2)c(Cl)c1. The van der Waals surface area contributed by atoms with Crippen LogP contribution >= 0.6 is 11.6 Å². The third kappa shape index (κ3) is 5.46. The van der Waals surface area contributed by atoms with E-state index in [0.717, 1.165) is 38.4 Å². The number of morpholine rings is 1. The first-order valence-electron chi connectivity index (χ1n) is 7.98. The Labute approximate surface area is 143 Å². The van der Waals surface area contributed by atoms with Gasteiger partial charge in [0.15, 0.2) is 0 Å². The summed E-state index contributed by atoms with van der Waals surface area (Å²) in [5.74, 6) is -0.0893. The molecule has 0 atom stereocenters. The van der Waals surface area contributed by atoms with Gasteiger partial charge in [-0.3, -0.25) is 9.69 Å². The fraction of sp³-hybridized carbons (Fsp3) is 0.588. The number of carbonyl (C=O) groups excluding carboxylic acids is 1. The van der Waals surface area contributed by atoms with Crippen LogP contribution in [0.2, 0.25) is 5.02 Å². The Kier molecular flexibility index (Phi) is 6.41. The van der Waals surface area contributed by atoms with Gasteiger partial charge in [0, 0.05) is 25.2 Å². The lowest BCUT2D eigenvalue weighted by molar-refractivity contribution is -0.115. The van der Waals surface area contributed by atoms with E-state index in [2.05, 4.69) is 29.4 Å². The first kappa shape index (κ1) is 18.2. The van der Waals surface area contributed by atoms with Crippen LogP contribution in [0.1, 0.15) is 19.4 Å². The maximum absolute atomic E-state index is 12.0. The number of carbonyl (C=O) groups is 1. The molecular formula is C17H26ClN3O2. The molecule has 0 unspecified atom stereocenters. The summed E-state index contributed by atoms with van der Waals surface area (Å²) in [6, 6.07) is 5.59. The number of amides is 1. The number of halogens is 1. The topological polar surface area (TPSA) is 53.6 Å². The number of aryl methyl sites for hydroxylation is 1. The molecule has 23 heavy (non-hydrogen) atoms. The zero-order valence-corrected chi connectivity index (χ0v) is 14.9. The van der Waals surface area contributed by atoms with E-state index in [1.165, 1.54) is 0 Å². The highest BCUT2D eigenvalue weighted by molar-refractivity contribution is 6.33. The Bertz CT molecular complexity index is 543. The lowest BCUT2D eigenvalue weighted by Gasteiger charge is -2.41. The number of nitrogens with zero attached hydrogens (tertiary/aromatic N) is 1. The van der Waals surface area contributed by atoms with Gasteiger partial charge < -0.3 is 15.4 Å². The van der Waals surface area contributed by atoms with Crippen LogP contribution in [0.4, 0.5) is 5.69 Å². The van der Waals surface area contributed by atoms with Gasteiger partial charge in [-0.25, -0.2) is 0 Å². The number of benzene rings is 1. The van der Waals surface area contributed by atoms with Crippen LogP contribution in [0.3, 0.4) is 0 Å². The van der Waals surface area contributed by atoms with Gasteiger partial charge in [-0.1, -0.05) is 17.7 Å². The lowest BCUT2D eigenvalue weighted by Crippen LogP contribution is -2.55. The van der Waals surface area contributed by atoms with Gasteiger partial charge in [0.1, 0.15) is 0 Å². The lowest BCUT2D eigenvalue weighted by atomic mass is 10.0. The molecule has 0 spiro atoms. The molecule has 0 aromatic heterocycles. The molecule has 1 aliphatic heterocycles. The second kappa shape index (κ2) is 8.11. The molecule has 1 aromatic carbocycles. The van der Waals surface area contributed by atoms with Gasteiger partial charge in [-0.05, 0) is 38.5 Å². The highest BCUT2D eigenvalue weighted by Crippen LogP contribution is 2.22. The quantitative estimate of drug-likeness (QED) is 0.835. The zero-order chi connectivity index (χ0) is 16.9. The monoisotopic (exact) mass is 339 g/mol. The minimum absolute atomic E-state index is 0.00837. The van der Waals surface area contributed by atoms with Gasteiger partial charge in [0.05, 0.1) is 30.5 Å². The predicted molar refractivity (Wildman–Crippen MR) is 94.2 cm³/mol. The largest absolute Gasteiger partial charge is 0.379 e. The van der Waals surface area contributed by atoms with Crippen molar-refractivity contribution in [3.63, 3.8) is 0 Å². The standard InChI is InChI=1S/C17H26ClN3O2/c1-13-4-5-15(14(18)10-13)20-16(22)11-19-12-17(2,3)21-6-8-23-9-7-21/h4-5,10,19H,6-9,11-12H2,1-3H3,(H,20,22). The second-order valence-corrected chi connectivity index (χ2v) is 6.95. The molecule has 0 radical (unpaired) electrons. The van der Waals surface area contributed by atoms with Crippen molar-refractivity contribution in [2.75, 3.05) is 44.7 Å². The molecule has 2 N–H and O–H groups in total. The molecule has 1 heterocycles. The second-order valence-electron chi connectivity index (χ2n) is 6.55. The van der Waals surface area contributed by atoms with E-state index >= 15 is 0 Å². The zero-order valence-electron chi connectivity index (χ0n) is 14.1.